The lowest BCUT2D eigenvalue weighted by atomic mass is 9.85. The molecule has 3 nitrogen and oxygen atoms in total. The highest BCUT2D eigenvalue weighted by Crippen LogP contribution is 2.33. The Morgan fingerprint density at radius 2 is 2.00 bits per heavy atom. The number of nitrogens with zero attached hydrogens (tertiary/aromatic N) is 1. The quantitative estimate of drug-likeness (QED) is 0.840. The number of carboxylic acids is 1. The number of aromatic nitrogens is 1. The minimum absolute atomic E-state index is 0.107. The first-order chi connectivity index (χ1) is 7.79. The molecule has 0 fully saturated rings. The summed E-state index contributed by atoms with van der Waals surface area (Å²) in [5.74, 6) is -0.886. The second-order valence-electron chi connectivity index (χ2n) is 5.16. The predicted octanol–water partition coefficient (Wildman–Crippen LogP) is 3.60. The number of thiazole rings is 1. The summed E-state index contributed by atoms with van der Waals surface area (Å²) in [7, 11) is 0. The van der Waals surface area contributed by atoms with Crippen molar-refractivity contribution in [2.45, 2.75) is 33.1 Å². The number of carbonyl (C=O) groups is 1. The van der Waals surface area contributed by atoms with Gasteiger partial charge in [0.1, 0.15) is 0 Å². The molecule has 1 heterocycles. The molecule has 90 valence electrons. The third kappa shape index (κ3) is 2.17. The van der Waals surface area contributed by atoms with Crippen LogP contribution in [0.5, 0.6) is 0 Å². The van der Waals surface area contributed by atoms with Crippen LogP contribution < -0.4 is 0 Å². The highest BCUT2D eigenvalue weighted by molar-refractivity contribution is 7.18. The molecule has 0 spiro atoms. The van der Waals surface area contributed by atoms with Gasteiger partial charge in [-0.05, 0) is 30.0 Å². The minimum atomic E-state index is -0.886. The summed E-state index contributed by atoms with van der Waals surface area (Å²) in [5, 5.41) is 10.1. The fraction of sp³-hybridized carbons (Fsp3) is 0.385. The van der Waals surface area contributed by atoms with Crippen LogP contribution in [0, 0.1) is 6.92 Å². The number of rotatable bonds is 1. The standard InChI is InChI=1S/C13H15NO2S/c1-7-14-11-9(13(2,3)4)5-8(12(15)16)6-10(11)17-7/h5-6H,1-4H3,(H,15,16). The molecule has 0 amide bonds. The van der Waals surface area contributed by atoms with Crippen LogP contribution in [0.2, 0.25) is 0 Å². The number of hydrogen-bond acceptors (Lipinski definition) is 3. The lowest BCUT2D eigenvalue weighted by Crippen LogP contribution is -2.13. The number of carboxylic acid groups (broad SMARTS) is 1. The van der Waals surface area contributed by atoms with Gasteiger partial charge in [0.2, 0.25) is 0 Å². The smallest absolute Gasteiger partial charge is 0.335 e. The van der Waals surface area contributed by atoms with Crippen molar-refractivity contribution in [3.05, 3.63) is 28.3 Å². The van der Waals surface area contributed by atoms with Crippen molar-refractivity contribution in [1.82, 2.24) is 4.98 Å². The fourth-order valence-corrected chi connectivity index (χ4v) is 2.73. The highest BCUT2D eigenvalue weighted by atomic mass is 32.1. The Morgan fingerprint density at radius 3 is 2.53 bits per heavy atom. The third-order valence-electron chi connectivity index (χ3n) is 2.66. The van der Waals surface area contributed by atoms with Crippen LogP contribution in [-0.4, -0.2) is 16.1 Å². The minimum Gasteiger partial charge on any atom is -0.478 e. The number of aryl methyl sites for hydroxylation is 1. The zero-order valence-electron chi connectivity index (χ0n) is 10.4. The molecule has 0 aliphatic heterocycles. The summed E-state index contributed by atoms with van der Waals surface area (Å²) >= 11 is 1.54. The molecule has 0 aliphatic rings. The molecule has 0 unspecified atom stereocenters. The molecular formula is C13H15NO2S. The Bertz CT molecular complexity index is 593. The average molecular weight is 249 g/mol. The van der Waals surface area contributed by atoms with Gasteiger partial charge in [-0.2, -0.15) is 0 Å². The van der Waals surface area contributed by atoms with Gasteiger partial charge < -0.3 is 5.11 Å². The normalized spacial score (nSPS) is 12.0. The summed E-state index contributed by atoms with van der Waals surface area (Å²) in [5.41, 5.74) is 2.16. The zero-order chi connectivity index (χ0) is 12.8. The highest BCUT2D eigenvalue weighted by Gasteiger charge is 2.21. The Kier molecular flexibility index (Phi) is 2.70. The van der Waals surface area contributed by atoms with Gasteiger partial charge in [-0.3, -0.25) is 0 Å². The van der Waals surface area contributed by atoms with E-state index >= 15 is 0 Å². The number of benzene rings is 1. The van der Waals surface area contributed by atoms with Gasteiger partial charge in [0, 0.05) is 0 Å². The van der Waals surface area contributed by atoms with Gasteiger partial charge in [-0.25, -0.2) is 9.78 Å². The summed E-state index contributed by atoms with van der Waals surface area (Å²) in [6.45, 7) is 8.16. The van der Waals surface area contributed by atoms with E-state index in [1.165, 1.54) is 11.3 Å². The predicted molar refractivity (Wildman–Crippen MR) is 70.0 cm³/mol. The van der Waals surface area contributed by atoms with Crippen LogP contribution in [-0.2, 0) is 5.41 Å². The maximum absolute atomic E-state index is 11.1. The van der Waals surface area contributed by atoms with E-state index in [0.717, 1.165) is 20.8 Å². The van der Waals surface area contributed by atoms with E-state index in [1.54, 1.807) is 12.1 Å². The molecule has 17 heavy (non-hydrogen) atoms. The second kappa shape index (κ2) is 3.81. The van der Waals surface area contributed by atoms with Gasteiger partial charge >= 0.3 is 5.97 Å². The molecule has 0 saturated heterocycles. The van der Waals surface area contributed by atoms with Crippen molar-refractivity contribution in [1.29, 1.82) is 0 Å². The Labute approximate surface area is 104 Å². The van der Waals surface area contributed by atoms with Gasteiger partial charge in [0.05, 0.1) is 20.8 Å². The Balaban J connectivity index is 2.82. The SMILES string of the molecule is Cc1nc2c(C(C)(C)C)cc(C(=O)O)cc2s1. The van der Waals surface area contributed by atoms with Crippen LogP contribution >= 0.6 is 11.3 Å². The Hall–Kier alpha value is -1.42. The van der Waals surface area contributed by atoms with E-state index in [9.17, 15) is 4.79 Å². The first-order valence-corrected chi connectivity index (χ1v) is 6.25. The van der Waals surface area contributed by atoms with E-state index in [0.29, 0.717) is 5.56 Å². The summed E-state index contributed by atoms with van der Waals surface area (Å²) in [6.07, 6.45) is 0. The van der Waals surface area contributed by atoms with Crippen LogP contribution in [0.3, 0.4) is 0 Å². The lowest BCUT2D eigenvalue weighted by Gasteiger charge is -2.20. The average Bonchev–Trinajstić information content (AvgIpc) is 2.54. The number of hydrogen-bond donors (Lipinski definition) is 1. The van der Waals surface area contributed by atoms with E-state index in [1.807, 2.05) is 6.92 Å². The van der Waals surface area contributed by atoms with E-state index in [2.05, 4.69) is 25.8 Å². The molecule has 2 aromatic rings. The van der Waals surface area contributed by atoms with E-state index in [-0.39, 0.29) is 5.41 Å². The van der Waals surface area contributed by atoms with Crippen molar-refractivity contribution >= 4 is 27.5 Å². The molecule has 0 bridgehead atoms. The molecule has 0 saturated carbocycles. The monoisotopic (exact) mass is 249 g/mol. The topological polar surface area (TPSA) is 50.2 Å². The van der Waals surface area contributed by atoms with Crippen LogP contribution in [0.1, 0.15) is 41.7 Å². The first-order valence-electron chi connectivity index (χ1n) is 5.44. The van der Waals surface area contributed by atoms with E-state index < -0.39 is 5.97 Å². The van der Waals surface area contributed by atoms with Crippen LogP contribution in [0.4, 0.5) is 0 Å². The molecule has 2 rings (SSSR count). The maximum atomic E-state index is 11.1. The van der Waals surface area contributed by atoms with E-state index in [4.69, 9.17) is 5.11 Å². The summed E-state index contributed by atoms with van der Waals surface area (Å²) in [6, 6.07) is 3.45. The molecular weight excluding hydrogens is 234 g/mol. The van der Waals surface area contributed by atoms with Gasteiger partial charge in [-0.1, -0.05) is 20.8 Å². The summed E-state index contributed by atoms with van der Waals surface area (Å²) < 4.78 is 0.951. The molecule has 0 aliphatic carbocycles. The van der Waals surface area contributed by atoms with Crippen molar-refractivity contribution in [2.75, 3.05) is 0 Å². The number of aromatic carboxylic acids is 1. The van der Waals surface area contributed by atoms with Crippen LogP contribution in [0.25, 0.3) is 10.2 Å². The Morgan fingerprint density at radius 1 is 1.35 bits per heavy atom. The summed E-state index contributed by atoms with van der Waals surface area (Å²) in [4.78, 5) is 15.6. The molecule has 1 aromatic carbocycles. The number of fused-ring (bicyclic) bond motifs is 1. The van der Waals surface area contributed by atoms with Gasteiger partial charge in [0.25, 0.3) is 0 Å². The van der Waals surface area contributed by atoms with Crippen molar-refractivity contribution in [2.24, 2.45) is 0 Å². The second-order valence-corrected chi connectivity index (χ2v) is 6.39. The zero-order valence-corrected chi connectivity index (χ0v) is 11.2. The third-order valence-corrected chi connectivity index (χ3v) is 3.57. The van der Waals surface area contributed by atoms with Gasteiger partial charge in [-0.15, -0.1) is 11.3 Å². The molecule has 1 N–H and O–H groups in total. The van der Waals surface area contributed by atoms with Crippen molar-refractivity contribution in [3.8, 4) is 0 Å². The molecule has 0 radical (unpaired) electrons. The maximum Gasteiger partial charge on any atom is 0.335 e. The lowest BCUT2D eigenvalue weighted by molar-refractivity contribution is 0.0697. The van der Waals surface area contributed by atoms with Gasteiger partial charge in [0.15, 0.2) is 0 Å². The largest absolute Gasteiger partial charge is 0.478 e. The molecule has 4 heteroatoms. The van der Waals surface area contributed by atoms with Crippen molar-refractivity contribution in [3.63, 3.8) is 0 Å². The first kappa shape index (κ1) is 12.0. The van der Waals surface area contributed by atoms with Crippen LogP contribution in [0.15, 0.2) is 12.1 Å². The molecule has 1 aromatic heterocycles. The fourth-order valence-electron chi connectivity index (χ4n) is 1.84. The molecule has 0 atom stereocenters. The van der Waals surface area contributed by atoms with Crippen molar-refractivity contribution < 1.29 is 9.90 Å².